The summed E-state index contributed by atoms with van der Waals surface area (Å²) < 4.78 is 0. The van der Waals surface area contributed by atoms with Gasteiger partial charge in [-0.25, -0.2) is 0 Å². The van der Waals surface area contributed by atoms with Crippen LogP contribution in [-0.2, 0) is 6.54 Å². The van der Waals surface area contributed by atoms with Crippen molar-refractivity contribution in [3.05, 3.63) is 65.2 Å². The Morgan fingerprint density at radius 3 is 2.27 bits per heavy atom. The number of piperazine rings is 1. The molecule has 1 saturated heterocycles. The Morgan fingerprint density at radius 1 is 1.00 bits per heavy atom. The smallest absolute Gasteiger partial charge is 0.251 e. The zero-order valence-corrected chi connectivity index (χ0v) is 16.0. The maximum Gasteiger partial charge on any atom is 0.251 e. The lowest BCUT2D eigenvalue weighted by molar-refractivity contribution is 0.0951. The Bertz CT molecular complexity index is 731. The lowest BCUT2D eigenvalue weighted by Crippen LogP contribution is -2.48. The molecular formula is C22H29N3O. The molecule has 3 rings (SSSR count). The van der Waals surface area contributed by atoms with E-state index in [1.807, 2.05) is 24.3 Å². The number of rotatable bonds is 5. The van der Waals surface area contributed by atoms with Gasteiger partial charge in [-0.2, -0.15) is 0 Å². The van der Waals surface area contributed by atoms with Gasteiger partial charge in [-0.3, -0.25) is 9.69 Å². The highest BCUT2D eigenvalue weighted by atomic mass is 16.1. The average molecular weight is 351 g/mol. The zero-order valence-electron chi connectivity index (χ0n) is 16.0. The number of nitrogens with one attached hydrogen (secondary N) is 1. The Hall–Kier alpha value is -2.33. The molecule has 0 aliphatic carbocycles. The second kappa shape index (κ2) is 8.37. The minimum absolute atomic E-state index is 0.0237. The van der Waals surface area contributed by atoms with Gasteiger partial charge in [-0.1, -0.05) is 24.3 Å². The second-order valence-electron chi connectivity index (χ2n) is 7.27. The third-order valence-corrected chi connectivity index (χ3v) is 5.24. The minimum atomic E-state index is -0.0237. The van der Waals surface area contributed by atoms with E-state index < -0.39 is 0 Å². The first-order valence-corrected chi connectivity index (χ1v) is 9.46. The lowest BCUT2D eigenvalue weighted by Gasteiger charge is -2.38. The molecule has 0 bridgehead atoms. The first-order chi connectivity index (χ1) is 12.5. The highest BCUT2D eigenvalue weighted by Gasteiger charge is 2.19. The van der Waals surface area contributed by atoms with E-state index in [4.69, 9.17) is 0 Å². The Balaban J connectivity index is 1.56. The van der Waals surface area contributed by atoms with Crippen molar-refractivity contribution < 1.29 is 4.79 Å². The van der Waals surface area contributed by atoms with Crippen LogP contribution in [0.25, 0.3) is 0 Å². The second-order valence-corrected chi connectivity index (χ2v) is 7.27. The van der Waals surface area contributed by atoms with Crippen molar-refractivity contribution in [1.82, 2.24) is 10.2 Å². The van der Waals surface area contributed by atoms with Gasteiger partial charge < -0.3 is 10.2 Å². The Kier molecular flexibility index (Phi) is 5.94. The molecule has 0 atom stereocenters. The standard InChI is InChI=1S/C22H29N3O/c1-17(2)24-12-14-25(15-13-24)21-10-8-19(9-11-21)22(26)23-16-20-7-5-4-6-18(20)3/h4-11,17H,12-16H2,1-3H3,(H,23,26). The van der Waals surface area contributed by atoms with Gasteiger partial charge in [0.25, 0.3) is 5.91 Å². The SMILES string of the molecule is Cc1ccccc1CNC(=O)c1ccc(N2CCN(C(C)C)CC2)cc1. The summed E-state index contributed by atoms with van der Waals surface area (Å²) in [5.74, 6) is -0.0237. The molecule has 138 valence electrons. The van der Waals surface area contributed by atoms with Crippen LogP contribution in [0.4, 0.5) is 5.69 Å². The number of aryl methyl sites for hydroxylation is 1. The molecule has 0 saturated carbocycles. The topological polar surface area (TPSA) is 35.6 Å². The van der Waals surface area contributed by atoms with Crippen molar-refractivity contribution >= 4 is 11.6 Å². The number of amides is 1. The molecular weight excluding hydrogens is 322 g/mol. The molecule has 0 aromatic heterocycles. The summed E-state index contributed by atoms with van der Waals surface area (Å²) in [7, 11) is 0. The summed E-state index contributed by atoms with van der Waals surface area (Å²) in [5, 5.41) is 3.01. The first kappa shape index (κ1) is 18.5. The van der Waals surface area contributed by atoms with E-state index in [9.17, 15) is 4.79 Å². The van der Waals surface area contributed by atoms with Crippen LogP contribution in [0.15, 0.2) is 48.5 Å². The van der Waals surface area contributed by atoms with Gasteiger partial charge in [-0.15, -0.1) is 0 Å². The first-order valence-electron chi connectivity index (χ1n) is 9.46. The zero-order chi connectivity index (χ0) is 18.5. The van der Waals surface area contributed by atoms with Crippen molar-refractivity contribution in [2.75, 3.05) is 31.1 Å². The van der Waals surface area contributed by atoms with E-state index in [2.05, 4.69) is 60.2 Å². The van der Waals surface area contributed by atoms with E-state index in [0.717, 1.165) is 31.7 Å². The molecule has 0 spiro atoms. The van der Waals surface area contributed by atoms with E-state index in [0.29, 0.717) is 18.2 Å². The number of benzene rings is 2. The predicted octanol–water partition coefficient (Wildman–Crippen LogP) is 3.46. The third kappa shape index (κ3) is 4.44. The van der Waals surface area contributed by atoms with Crippen LogP contribution in [0.1, 0.15) is 35.3 Å². The number of hydrogen-bond donors (Lipinski definition) is 1. The lowest BCUT2D eigenvalue weighted by atomic mass is 10.1. The van der Waals surface area contributed by atoms with Crippen LogP contribution in [0, 0.1) is 6.92 Å². The number of hydrogen-bond acceptors (Lipinski definition) is 3. The summed E-state index contributed by atoms with van der Waals surface area (Å²) in [5.41, 5.74) is 4.26. The third-order valence-electron chi connectivity index (χ3n) is 5.24. The van der Waals surface area contributed by atoms with Crippen LogP contribution >= 0.6 is 0 Å². The van der Waals surface area contributed by atoms with Gasteiger partial charge in [0.1, 0.15) is 0 Å². The summed E-state index contributed by atoms with van der Waals surface area (Å²) >= 11 is 0. The van der Waals surface area contributed by atoms with Crippen LogP contribution in [0.2, 0.25) is 0 Å². The molecule has 1 N–H and O–H groups in total. The van der Waals surface area contributed by atoms with Crippen LogP contribution < -0.4 is 10.2 Å². The van der Waals surface area contributed by atoms with Crippen molar-refractivity contribution in [2.45, 2.75) is 33.4 Å². The normalized spacial score (nSPS) is 15.3. The minimum Gasteiger partial charge on any atom is -0.369 e. The van der Waals surface area contributed by atoms with Gasteiger partial charge in [0.2, 0.25) is 0 Å². The molecule has 0 unspecified atom stereocenters. The van der Waals surface area contributed by atoms with Crippen molar-refractivity contribution in [1.29, 1.82) is 0 Å². The molecule has 4 heteroatoms. The van der Waals surface area contributed by atoms with Gasteiger partial charge in [0, 0.05) is 50.0 Å². The molecule has 26 heavy (non-hydrogen) atoms. The largest absolute Gasteiger partial charge is 0.369 e. The summed E-state index contributed by atoms with van der Waals surface area (Å²) in [6.45, 7) is 11.4. The molecule has 2 aromatic rings. The van der Waals surface area contributed by atoms with E-state index >= 15 is 0 Å². The monoisotopic (exact) mass is 351 g/mol. The Morgan fingerprint density at radius 2 is 1.65 bits per heavy atom. The fourth-order valence-corrected chi connectivity index (χ4v) is 3.41. The number of carbonyl (C=O) groups excluding carboxylic acids is 1. The van der Waals surface area contributed by atoms with Gasteiger partial charge in [-0.05, 0) is 56.2 Å². The molecule has 1 heterocycles. The fraction of sp³-hybridized carbons (Fsp3) is 0.409. The van der Waals surface area contributed by atoms with Gasteiger partial charge in [0.05, 0.1) is 0 Å². The summed E-state index contributed by atoms with van der Waals surface area (Å²) in [4.78, 5) is 17.3. The highest BCUT2D eigenvalue weighted by molar-refractivity contribution is 5.94. The summed E-state index contributed by atoms with van der Waals surface area (Å²) in [6.07, 6.45) is 0. The molecule has 1 fully saturated rings. The maximum atomic E-state index is 12.4. The fourth-order valence-electron chi connectivity index (χ4n) is 3.41. The summed E-state index contributed by atoms with van der Waals surface area (Å²) in [6, 6.07) is 16.7. The molecule has 2 aromatic carbocycles. The van der Waals surface area contributed by atoms with E-state index in [-0.39, 0.29) is 5.91 Å². The van der Waals surface area contributed by atoms with Crippen LogP contribution in [0.3, 0.4) is 0 Å². The van der Waals surface area contributed by atoms with Crippen molar-refractivity contribution in [3.8, 4) is 0 Å². The average Bonchev–Trinajstić information content (AvgIpc) is 2.67. The molecule has 4 nitrogen and oxygen atoms in total. The van der Waals surface area contributed by atoms with E-state index in [1.165, 1.54) is 11.3 Å². The van der Waals surface area contributed by atoms with E-state index in [1.54, 1.807) is 0 Å². The number of nitrogens with zero attached hydrogens (tertiary/aromatic N) is 2. The van der Waals surface area contributed by atoms with Gasteiger partial charge in [0.15, 0.2) is 0 Å². The van der Waals surface area contributed by atoms with Crippen molar-refractivity contribution in [3.63, 3.8) is 0 Å². The molecule has 1 aliphatic heterocycles. The number of anilines is 1. The maximum absolute atomic E-state index is 12.4. The molecule has 1 aliphatic rings. The van der Waals surface area contributed by atoms with Crippen LogP contribution in [0.5, 0.6) is 0 Å². The number of carbonyl (C=O) groups is 1. The highest BCUT2D eigenvalue weighted by Crippen LogP contribution is 2.18. The predicted molar refractivity (Wildman–Crippen MR) is 108 cm³/mol. The van der Waals surface area contributed by atoms with Gasteiger partial charge >= 0.3 is 0 Å². The Labute approximate surface area is 156 Å². The quantitative estimate of drug-likeness (QED) is 0.896. The van der Waals surface area contributed by atoms with Crippen molar-refractivity contribution in [2.24, 2.45) is 0 Å². The van der Waals surface area contributed by atoms with Crippen LogP contribution in [-0.4, -0.2) is 43.0 Å². The molecule has 0 radical (unpaired) electrons. The molecule has 1 amide bonds.